The molecule has 162 valence electrons. The van der Waals surface area contributed by atoms with E-state index in [1.165, 1.54) is 5.69 Å². The lowest BCUT2D eigenvalue weighted by atomic mass is 10.1. The van der Waals surface area contributed by atoms with Gasteiger partial charge in [0.05, 0.1) is 21.3 Å². The molecule has 3 rings (SSSR count). The first kappa shape index (κ1) is 21.6. The minimum absolute atomic E-state index is 0.770. The van der Waals surface area contributed by atoms with E-state index < -0.39 is 0 Å². The molecule has 1 heterocycles. The van der Waals surface area contributed by atoms with E-state index in [-0.39, 0.29) is 0 Å². The Bertz CT molecular complexity index is 848. The van der Waals surface area contributed by atoms with Crippen molar-refractivity contribution >= 4 is 11.6 Å². The van der Waals surface area contributed by atoms with Crippen molar-refractivity contribution in [1.82, 2.24) is 10.2 Å². The van der Waals surface area contributed by atoms with Gasteiger partial charge in [0.15, 0.2) is 5.96 Å². The van der Waals surface area contributed by atoms with Crippen LogP contribution in [0.3, 0.4) is 0 Å². The van der Waals surface area contributed by atoms with Gasteiger partial charge in [0.1, 0.15) is 17.2 Å². The highest BCUT2D eigenvalue weighted by atomic mass is 16.5. The standard InChI is InChI=1S/C23H32N4O3/c1-24-23(25-11-10-18-16-21(29-3)8-9-22(18)30-4)27-14-12-26(13-15-27)19-6-5-7-20(17-19)28-2/h5-9,16-17H,10-15H2,1-4H3,(H,24,25). The van der Waals surface area contributed by atoms with E-state index in [2.05, 4.69) is 32.2 Å². The van der Waals surface area contributed by atoms with Gasteiger partial charge in [-0.2, -0.15) is 0 Å². The summed E-state index contributed by atoms with van der Waals surface area (Å²) < 4.78 is 16.2. The summed E-state index contributed by atoms with van der Waals surface area (Å²) in [5.74, 6) is 3.53. The van der Waals surface area contributed by atoms with Crippen LogP contribution in [0.5, 0.6) is 17.2 Å². The fourth-order valence-corrected chi connectivity index (χ4v) is 3.70. The van der Waals surface area contributed by atoms with E-state index in [4.69, 9.17) is 14.2 Å². The van der Waals surface area contributed by atoms with Gasteiger partial charge in [-0.15, -0.1) is 0 Å². The summed E-state index contributed by atoms with van der Waals surface area (Å²) in [6.07, 6.45) is 0.823. The van der Waals surface area contributed by atoms with Gasteiger partial charge < -0.3 is 29.3 Å². The van der Waals surface area contributed by atoms with E-state index >= 15 is 0 Å². The number of guanidine groups is 1. The molecule has 1 aliphatic heterocycles. The number of hydrogen-bond donors (Lipinski definition) is 1. The number of nitrogens with zero attached hydrogens (tertiary/aromatic N) is 3. The van der Waals surface area contributed by atoms with Crippen molar-refractivity contribution in [3.63, 3.8) is 0 Å². The van der Waals surface area contributed by atoms with Crippen LogP contribution in [0.25, 0.3) is 0 Å². The molecule has 1 fully saturated rings. The molecule has 0 amide bonds. The fraction of sp³-hybridized carbons (Fsp3) is 0.435. The van der Waals surface area contributed by atoms with Crippen LogP contribution >= 0.6 is 0 Å². The lowest BCUT2D eigenvalue weighted by Crippen LogP contribution is -2.52. The largest absolute Gasteiger partial charge is 0.497 e. The minimum Gasteiger partial charge on any atom is -0.497 e. The molecule has 1 aliphatic rings. The molecule has 0 aromatic heterocycles. The van der Waals surface area contributed by atoms with Crippen LogP contribution in [0, 0.1) is 0 Å². The van der Waals surface area contributed by atoms with Gasteiger partial charge in [-0.3, -0.25) is 4.99 Å². The van der Waals surface area contributed by atoms with Crippen LogP contribution in [0.15, 0.2) is 47.5 Å². The number of benzene rings is 2. The number of hydrogen-bond acceptors (Lipinski definition) is 5. The third-order valence-electron chi connectivity index (χ3n) is 5.37. The summed E-state index contributed by atoms with van der Waals surface area (Å²) >= 11 is 0. The maximum Gasteiger partial charge on any atom is 0.193 e. The number of piperazine rings is 1. The number of rotatable bonds is 7. The normalized spacial score (nSPS) is 14.5. The summed E-state index contributed by atoms with van der Waals surface area (Å²) in [4.78, 5) is 9.17. The van der Waals surface area contributed by atoms with Gasteiger partial charge in [-0.1, -0.05) is 6.07 Å². The molecule has 7 heteroatoms. The Hall–Kier alpha value is -3.09. The van der Waals surface area contributed by atoms with Crippen molar-refractivity contribution in [1.29, 1.82) is 0 Å². The molecule has 30 heavy (non-hydrogen) atoms. The Balaban J connectivity index is 1.53. The lowest BCUT2D eigenvalue weighted by molar-refractivity contribution is 0.372. The quantitative estimate of drug-likeness (QED) is 0.557. The third kappa shape index (κ3) is 5.28. The molecule has 0 spiro atoms. The molecular formula is C23H32N4O3. The van der Waals surface area contributed by atoms with Crippen LogP contribution in [0.4, 0.5) is 5.69 Å². The van der Waals surface area contributed by atoms with E-state index in [9.17, 15) is 0 Å². The second-order valence-corrected chi connectivity index (χ2v) is 7.08. The molecule has 0 unspecified atom stereocenters. The highest BCUT2D eigenvalue weighted by molar-refractivity contribution is 5.80. The van der Waals surface area contributed by atoms with Gasteiger partial charge >= 0.3 is 0 Å². The lowest BCUT2D eigenvalue weighted by Gasteiger charge is -2.37. The molecule has 0 radical (unpaired) electrons. The first-order valence-corrected chi connectivity index (χ1v) is 10.2. The number of methoxy groups -OCH3 is 3. The maximum atomic E-state index is 5.48. The summed E-state index contributed by atoms with van der Waals surface area (Å²) in [6, 6.07) is 14.1. The average Bonchev–Trinajstić information content (AvgIpc) is 2.82. The molecule has 0 atom stereocenters. The maximum absolute atomic E-state index is 5.48. The van der Waals surface area contributed by atoms with Crippen molar-refractivity contribution in [2.45, 2.75) is 6.42 Å². The van der Waals surface area contributed by atoms with E-state index in [0.717, 1.165) is 67.9 Å². The Labute approximate surface area is 179 Å². The molecule has 0 bridgehead atoms. The zero-order valence-corrected chi connectivity index (χ0v) is 18.4. The zero-order chi connectivity index (χ0) is 21.3. The molecule has 0 aliphatic carbocycles. The topological polar surface area (TPSA) is 58.6 Å². The van der Waals surface area contributed by atoms with Crippen molar-refractivity contribution < 1.29 is 14.2 Å². The Kier molecular flexibility index (Phi) is 7.65. The monoisotopic (exact) mass is 412 g/mol. The van der Waals surface area contributed by atoms with Crippen LogP contribution in [-0.4, -0.2) is 72.0 Å². The van der Waals surface area contributed by atoms with Gasteiger partial charge in [-0.25, -0.2) is 0 Å². The average molecular weight is 413 g/mol. The Morgan fingerprint density at radius 2 is 1.67 bits per heavy atom. The first-order valence-electron chi connectivity index (χ1n) is 10.2. The van der Waals surface area contributed by atoms with Crippen molar-refractivity contribution in [3.8, 4) is 17.2 Å². The van der Waals surface area contributed by atoms with Gasteiger partial charge in [0.25, 0.3) is 0 Å². The van der Waals surface area contributed by atoms with Crippen molar-refractivity contribution in [2.24, 2.45) is 4.99 Å². The molecular weight excluding hydrogens is 380 g/mol. The zero-order valence-electron chi connectivity index (χ0n) is 18.4. The van der Waals surface area contributed by atoms with Crippen LogP contribution in [0.1, 0.15) is 5.56 Å². The van der Waals surface area contributed by atoms with Crippen molar-refractivity contribution in [2.75, 3.05) is 66.0 Å². The molecule has 1 N–H and O–H groups in total. The van der Waals surface area contributed by atoms with Crippen LogP contribution in [0.2, 0.25) is 0 Å². The van der Waals surface area contributed by atoms with Gasteiger partial charge in [0, 0.05) is 51.5 Å². The summed E-state index contributed by atoms with van der Waals surface area (Å²) in [7, 11) is 6.91. The molecule has 2 aromatic rings. The minimum atomic E-state index is 0.770. The summed E-state index contributed by atoms with van der Waals surface area (Å²) in [5, 5.41) is 3.49. The van der Waals surface area contributed by atoms with Gasteiger partial charge in [0.2, 0.25) is 0 Å². The number of anilines is 1. The Morgan fingerprint density at radius 1 is 0.933 bits per heavy atom. The molecule has 7 nitrogen and oxygen atoms in total. The van der Waals surface area contributed by atoms with E-state index in [0.29, 0.717) is 0 Å². The predicted molar refractivity (Wildman–Crippen MR) is 121 cm³/mol. The second-order valence-electron chi connectivity index (χ2n) is 7.08. The second kappa shape index (κ2) is 10.6. The SMILES string of the molecule is CN=C(NCCc1cc(OC)ccc1OC)N1CCN(c2cccc(OC)c2)CC1. The highest BCUT2D eigenvalue weighted by Crippen LogP contribution is 2.24. The smallest absolute Gasteiger partial charge is 0.193 e. The summed E-state index contributed by atoms with van der Waals surface area (Å²) in [5.41, 5.74) is 2.31. The fourth-order valence-electron chi connectivity index (χ4n) is 3.70. The van der Waals surface area contributed by atoms with E-state index in [1.807, 2.05) is 37.4 Å². The molecule has 0 saturated carbocycles. The number of nitrogens with one attached hydrogen (secondary N) is 1. The number of aliphatic imine (C=N–C) groups is 1. The van der Waals surface area contributed by atoms with Gasteiger partial charge in [-0.05, 0) is 42.3 Å². The highest BCUT2D eigenvalue weighted by Gasteiger charge is 2.20. The first-order chi connectivity index (χ1) is 14.7. The Morgan fingerprint density at radius 3 is 2.33 bits per heavy atom. The number of ether oxygens (including phenoxy) is 3. The molecule has 2 aromatic carbocycles. The predicted octanol–water partition coefficient (Wildman–Crippen LogP) is 2.65. The van der Waals surface area contributed by atoms with Crippen LogP contribution in [-0.2, 0) is 6.42 Å². The third-order valence-corrected chi connectivity index (χ3v) is 5.37. The van der Waals surface area contributed by atoms with Crippen LogP contribution < -0.4 is 24.4 Å². The molecule has 1 saturated heterocycles. The van der Waals surface area contributed by atoms with Crippen molar-refractivity contribution in [3.05, 3.63) is 48.0 Å². The van der Waals surface area contributed by atoms with E-state index in [1.54, 1.807) is 21.3 Å². The summed E-state index contributed by atoms with van der Waals surface area (Å²) in [6.45, 7) is 4.49.